The molecule has 2 heterocycles. The Morgan fingerprint density at radius 2 is 2.05 bits per heavy atom. The highest BCUT2D eigenvalue weighted by Crippen LogP contribution is 2.52. The molecule has 3 rings (SSSR count). The van der Waals surface area contributed by atoms with E-state index in [2.05, 4.69) is 4.98 Å². The van der Waals surface area contributed by atoms with Crippen molar-refractivity contribution in [1.82, 2.24) is 9.88 Å². The van der Waals surface area contributed by atoms with Gasteiger partial charge in [-0.25, -0.2) is 0 Å². The van der Waals surface area contributed by atoms with Crippen LogP contribution in [0, 0.1) is 11.3 Å². The molecule has 1 aliphatic heterocycles. The van der Waals surface area contributed by atoms with E-state index >= 15 is 0 Å². The van der Waals surface area contributed by atoms with Gasteiger partial charge in [-0.2, -0.15) is 13.2 Å². The number of halogens is 3. The van der Waals surface area contributed by atoms with Crippen LogP contribution in [-0.2, 0) is 17.4 Å². The SMILES string of the molecule is O=CN1CC2(CC(Cc3cncc(C(F)(F)F)c3)C2)C1. The van der Waals surface area contributed by atoms with Crippen LogP contribution >= 0.6 is 0 Å². The third kappa shape index (κ3) is 2.39. The summed E-state index contributed by atoms with van der Waals surface area (Å²) in [7, 11) is 0. The molecule has 1 aliphatic carbocycles. The molecule has 1 spiro atoms. The summed E-state index contributed by atoms with van der Waals surface area (Å²) in [6.07, 6.45) is 1.52. The molecule has 3 nitrogen and oxygen atoms in total. The maximum absolute atomic E-state index is 12.6. The number of pyridine rings is 1. The summed E-state index contributed by atoms with van der Waals surface area (Å²) in [6, 6.07) is 1.19. The van der Waals surface area contributed by atoms with Crippen LogP contribution in [0.5, 0.6) is 0 Å². The number of carbonyl (C=O) groups is 1. The molecule has 0 unspecified atom stereocenters. The van der Waals surface area contributed by atoms with Crippen LogP contribution in [0.3, 0.4) is 0 Å². The van der Waals surface area contributed by atoms with Crippen LogP contribution in [0.1, 0.15) is 24.0 Å². The summed E-state index contributed by atoms with van der Waals surface area (Å²) >= 11 is 0. The molecule has 0 bridgehead atoms. The number of amides is 1. The lowest BCUT2D eigenvalue weighted by Crippen LogP contribution is -2.61. The summed E-state index contributed by atoms with van der Waals surface area (Å²) in [5.41, 5.74) is 0.215. The maximum Gasteiger partial charge on any atom is 0.417 e. The van der Waals surface area contributed by atoms with E-state index in [1.165, 1.54) is 12.3 Å². The summed E-state index contributed by atoms with van der Waals surface area (Å²) in [5, 5.41) is 0. The van der Waals surface area contributed by atoms with Gasteiger partial charge in [0.15, 0.2) is 0 Å². The van der Waals surface area contributed by atoms with Gasteiger partial charge in [0.05, 0.1) is 5.56 Å². The van der Waals surface area contributed by atoms with Crippen molar-refractivity contribution in [2.24, 2.45) is 11.3 Å². The second kappa shape index (κ2) is 4.46. The molecule has 1 aromatic rings. The van der Waals surface area contributed by atoms with E-state index in [0.29, 0.717) is 17.9 Å². The van der Waals surface area contributed by atoms with Gasteiger partial charge in [-0.15, -0.1) is 0 Å². The number of hydrogen-bond acceptors (Lipinski definition) is 2. The van der Waals surface area contributed by atoms with E-state index in [-0.39, 0.29) is 5.41 Å². The molecule has 2 fully saturated rings. The first kappa shape index (κ1) is 13.4. The van der Waals surface area contributed by atoms with E-state index in [1.807, 2.05) is 0 Å². The average molecular weight is 284 g/mol. The molecule has 1 aromatic heterocycles. The zero-order valence-electron chi connectivity index (χ0n) is 10.9. The van der Waals surface area contributed by atoms with Crippen LogP contribution in [0.15, 0.2) is 18.5 Å². The lowest BCUT2D eigenvalue weighted by molar-refractivity contribution is -0.141. The minimum absolute atomic E-state index is 0.251. The first-order chi connectivity index (χ1) is 9.40. The zero-order chi connectivity index (χ0) is 14.4. The third-order valence-corrected chi connectivity index (χ3v) is 4.32. The van der Waals surface area contributed by atoms with Gasteiger partial charge in [0.25, 0.3) is 0 Å². The fraction of sp³-hybridized carbons (Fsp3) is 0.571. The van der Waals surface area contributed by atoms with Gasteiger partial charge in [0, 0.05) is 30.9 Å². The molecule has 0 aromatic carbocycles. The highest BCUT2D eigenvalue weighted by molar-refractivity contribution is 5.49. The molecule has 108 valence electrons. The monoisotopic (exact) mass is 284 g/mol. The molecule has 0 N–H and O–H groups in total. The van der Waals surface area contributed by atoms with E-state index in [0.717, 1.165) is 38.5 Å². The molecule has 1 saturated heterocycles. The van der Waals surface area contributed by atoms with Gasteiger partial charge in [-0.05, 0) is 36.8 Å². The van der Waals surface area contributed by atoms with Crippen LogP contribution in [0.4, 0.5) is 13.2 Å². The molecule has 20 heavy (non-hydrogen) atoms. The molecule has 0 atom stereocenters. The van der Waals surface area contributed by atoms with E-state index in [9.17, 15) is 18.0 Å². The molecule has 0 radical (unpaired) electrons. The second-order valence-electron chi connectivity index (χ2n) is 6.07. The Kier molecular flexibility index (Phi) is 2.99. The lowest BCUT2D eigenvalue weighted by atomic mass is 9.57. The Balaban J connectivity index is 1.57. The summed E-state index contributed by atoms with van der Waals surface area (Å²) in [5.74, 6) is 0.411. The van der Waals surface area contributed by atoms with Crippen LogP contribution < -0.4 is 0 Å². The number of likely N-dealkylation sites (tertiary alicyclic amines) is 1. The Hall–Kier alpha value is -1.59. The smallest absolute Gasteiger partial charge is 0.344 e. The molecule has 2 aliphatic rings. The number of alkyl halides is 3. The van der Waals surface area contributed by atoms with Crippen molar-refractivity contribution in [2.75, 3.05) is 13.1 Å². The van der Waals surface area contributed by atoms with Crippen LogP contribution in [0.25, 0.3) is 0 Å². The van der Waals surface area contributed by atoms with Gasteiger partial charge in [0.1, 0.15) is 0 Å². The number of aromatic nitrogens is 1. The third-order valence-electron chi connectivity index (χ3n) is 4.32. The number of carbonyl (C=O) groups excluding carboxylic acids is 1. The van der Waals surface area contributed by atoms with Crippen molar-refractivity contribution in [1.29, 1.82) is 0 Å². The highest BCUT2D eigenvalue weighted by atomic mass is 19.4. The number of rotatable bonds is 3. The van der Waals surface area contributed by atoms with Crippen molar-refractivity contribution in [3.8, 4) is 0 Å². The fourth-order valence-corrected chi connectivity index (χ4v) is 3.54. The second-order valence-corrected chi connectivity index (χ2v) is 6.07. The van der Waals surface area contributed by atoms with E-state index in [1.54, 1.807) is 4.90 Å². The lowest BCUT2D eigenvalue weighted by Gasteiger charge is -2.58. The molecule has 1 saturated carbocycles. The summed E-state index contributed by atoms with van der Waals surface area (Å²) in [6.45, 7) is 1.60. The minimum atomic E-state index is -4.33. The van der Waals surface area contributed by atoms with E-state index in [4.69, 9.17) is 0 Å². The van der Waals surface area contributed by atoms with Crippen LogP contribution in [0.2, 0.25) is 0 Å². The van der Waals surface area contributed by atoms with Crippen molar-refractivity contribution in [3.63, 3.8) is 0 Å². The standard InChI is InChI=1S/C14H15F3N2O/c15-14(16,17)12-2-10(5-18-6-12)1-11-3-13(4-11)7-19(8-13)9-20/h2,5-6,9,11H,1,3-4,7-8H2. The molecular weight excluding hydrogens is 269 g/mol. The predicted molar refractivity (Wildman–Crippen MR) is 65.7 cm³/mol. The van der Waals surface area contributed by atoms with E-state index < -0.39 is 11.7 Å². The summed E-state index contributed by atoms with van der Waals surface area (Å²) < 4.78 is 37.8. The Labute approximate surface area is 114 Å². The first-order valence-corrected chi connectivity index (χ1v) is 6.61. The predicted octanol–water partition coefficient (Wildman–Crippen LogP) is 2.51. The van der Waals surface area contributed by atoms with Gasteiger partial charge < -0.3 is 4.90 Å². The largest absolute Gasteiger partial charge is 0.417 e. The fourth-order valence-electron chi connectivity index (χ4n) is 3.54. The zero-order valence-corrected chi connectivity index (χ0v) is 10.9. The van der Waals surface area contributed by atoms with Crippen molar-refractivity contribution in [3.05, 3.63) is 29.6 Å². The van der Waals surface area contributed by atoms with Crippen molar-refractivity contribution >= 4 is 6.41 Å². The van der Waals surface area contributed by atoms with Crippen molar-refractivity contribution in [2.45, 2.75) is 25.4 Å². The molecular formula is C14H15F3N2O. The molecule has 6 heteroatoms. The quantitative estimate of drug-likeness (QED) is 0.799. The Bertz CT molecular complexity index is 515. The minimum Gasteiger partial charge on any atom is -0.344 e. The highest BCUT2D eigenvalue weighted by Gasteiger charge is 2.51. The van der Waals surface area contributed by atoms with Gasteiger partial charge in [-0.1, -0.05) is 0 Å². The van der Waals surface area contributed by atoms with Crippen LogP contribution in [-0.4, -0.2) is 29.4 Å². The molecule has 1 amide bonds. The number of hydrogen-bond donors (Lipinski definition) is 0. The average Bonchev–Trinajstić information content (AvgIpc) is 2.30. The van der Waals surface area contributed by atoms with Gasteiger partial charge in [-0.3, -0.25) is 9.78 Å². The van der Waals surface area contributed by atoms with Crippen molar-refractivity contribution < 1.29 is 18.0 Å². The van der Waals surface area contributed by atoms with Gasteiger partial charge in [0.2, 0.25) is 6.41 Å². The summed E-state index contributed by atoms with van der Waals surface area (Å²) in [4.78, 5) is 16.0. The Morgan fingerprint density at radius 3 is 2.65 bits per heavy atom. The maximum atomic E-state index is 12.6. The number of nitrogens with zero attached hydrogens (tertiary/aromatic N) is 2. The normalized spacial score (nSPS) is 21.4. The topological polar surface area (TPSA) is 33.2 Å². The first-order valence-electron chi connectivity index (χ1n) is 6.61. The Morgan fingerprint density at radius 1 is 1.35 bits per heavy atom. The van der Waals surface area contributed by atoms with Gasteiger partial charge >= 0.3 is 6.18 Å².